The minimum Gasteiger partial charge on any atom is -0.346 e. The van der Waals surface area contributed by atoms with E-state index in [2.05, 4.69) is 10.6 Å². The molecular formula is C39H59N3O7. The maximum Gasteiger partial charge on any atom is 0.246 e. The molecule has 5 aliphatic rings. The summed E-state index contributed by atoms with van der Waals surface area (Å²) in [5.41, 5.74) is -0.686. The number of amides is 3. The fourth-order valence-corrected chi connectivity index (χ4v) is 9.18. The van der Waals surface area contributed by atoms with Gasteiger partial charge in [0.2, 0.25) is 23.5 Å². The lowest BCUT2D eigenvalue weighted by atomic mass is 9.76. The van der Waals surface area contributed by atoms with Crippen LogP contribution in [0.3, 0.4) is 0 Å². The molecule has 0 spiro atoms. The number of hydrogen-bond donors (Lipinski definition) is 2. The molecule has 272 valence electrons. The van der Waals surface area contributed by atoms with Crippen molar-refractivity contribution >= 4 is 40.9 Å². The van der Waals surface area contributed by atoms with E-state index in [9.17, 15) is 33.6 Å². The van der Waals surface area contributed by atoms with Crippen molar-refractivity contribution in [1.82, 2.24) is 15.5 Å². The summed E-state index contributed by atoms with van der Waals surface area (Å²) in [6.07, 6.45) is 11.5. The summed E-state index contributed by atoms with van der Waals surface area (Å²) >= 11 is 0. The SMILES string of the molecule is CCC[C@H](CC(=O)[C@@H]1[C@H]2CCC[C@H]2CN1C(=O)[C@@H](NC(=O)[C@@H](CC(=O)C1CCC(=O)N1)C1CCCCC1)C(C)(C)C)C(=O)C(=O)CC1CC1. The first-order valence-electron chi connectivity index (χ1n) is 19.3. The predicted molar refractivity (Wildman–Crippen MR) is 184 cm³/mol. The molecule has 3 aliphatic carbocycles. The highest BCUT2D eigenvalue weighted by atomic mass is 16.2. The van der Waals surface area contributed by atoms with Crippen LogP contribution in [0.5, 0.6) is 0 Å². The molecule has 5 fully saturated rings. The molecule has 0 bridgehead atoms. The van der Waals surface area contributed by atoms with E-state index in [4.69, 9.17) is 0 Å². The zero-order chi connectivity index (χ0) is 35.5. The van der Waals surface area contributed by atoms with Gasteiger partial charge in [-0.3, -0.25) is 33.6 Å². The second-order valence-corrected chi connectivity index (χ2v) is 17.0. The minimum absolute atomic E-state index is 0.00143. The van der Waals surface area contributed by atoms with Gasteiger partial charge in [0.05, 0.1) is 12.1 Å². The number of hydrogen-bond acceptors (Lipinski definition) is 7. The van der Waals surface area contributed by atoms with Gasteiger partial charge in [0.15, 0.2) is 17.3 Å². The summed E-state index contributed by atoms with van der Waals surface area (Å²) in [7, 11) is 0. The number of carbonyl (C=O) groups is 7. The lowest BCUT2D eigenvalue weighted by Crippen LogP contribution is -2.58. The van der Waals surface area contributed by atoms with Crippen LogP contribution in [-0.2, 0) is 33.6 Å². The van der Waals surface area contributed by atoms with Crippen LogP contribution in [-0.4, -0.2) is 70.4 Å². The number of ketones is 4. The van der Waals surface area contributed by atoms with E-state index in [-0.39, 0.29) is 72.1 Å². The summed E-state index contributed by atoms with van der Waals surface area (Å²) < 4.78 is 0. The normalized spacial score (nSPS) is 27.6. The zero-order valence-electron chi connectivity index (χ0n) is 30.2. The van der Waals surface area contributed by atoms with Gasteiger partial charge in [-0.15, -0.1) is 0 Å². The molecule has 49 heavy (non-hydrogen) atoms. The Balaban J connectivity index is 1.34. The maximum absolute atomic E-state index is 14.6. The van der Waals surface area contributed by atoms with Crippen molar-refractivity contribution in [2.24, 2.45) is 40.9 Å². The number of rotatable bonds is 16. The fourth-order valence-electron chi connectivity index (χ4n) is 9.18. The standard InChI is InChI=1S/C39H59N3O7/c1-5-10-25(35(47)32(45)19-23-15-16-23)20-31(44)34-27-14-9-13-26(27)22-42(34)38(49)36(39(2,3)4)41-37(48)28(24-11-7-6-8-12-24)21-30(43)29-17-18-33(46)40-29/h23-29,34,36H,5-22H2,1-4H3,(H,40,46)(H,41,48)/t25-,26+,27+,28+,29?,34+,36-/m1/s1. The van der Waals surface area contributed by atoms with Crippen LogP contribution in [0.25, 0.3) is 0 Å². The van der Waals surface area contributed by atoms with Crippen LogP contribution >= 0.6 is 0 Å². The molecule has 3 saturated carbocycles. The van der Waals surface area contributed by atoms with Gasteiger partial charge in [-0.1, -0.05) is 59.8 Å². The average molecular weight is 682 g/mol. The average Bonchev–Trinajstić information content (AvgIpc) is 3.40. The van der Waals surface area contributed by atoms with Crippen molar-refractivity contribution in [2.75, 3.05) is 6.54 Å². The maximum atomic E-state index is 14.6. The molecule has 10 heteroatoms. The third kappa shape index (κ3) is 9.07. The Bertz CT molecular complexity index is 1290. The molecule has 1 unspecified atom stereocenters. The summed E-state index contributed by atoms with van der Waals surface area (Å²) in [6.45, 7) is 8.09. The molecule has 2 heterocycles. The number of carbonyl (C=O) groups excluding carboxylic acids is 7. The highest BCUT2D eigenvalue weighted by Crippen LogP contribution is 2.44. The van der Waals surface area contributed by atoms with E-state index in [1.807, 2.05) is 27.7 Å². The minimum atomic E-state index is -0.922. The molecule has 0 aromatic carbocycles. The predicted octanol–water partition coefficient (Wildman–Crippen LogP) is 4.89. The Labute approximate surface area is 292 Å². The number of nitrogens with zero attached hydrogens (tertiary/aromatic N) is 1. The Morgan fingerprint density at radius 2 is 1.59 bits per heavy atom. The lowest BCUT2D eigenvalue weighted by molar-refractivity contribution is -0.146. The first-order valence-corrected chi connectivity index (χ1v) is 19.3. The number of likely N-dealkylation sites (tertiary alicyclic amines) is 1. The summed E-state index contributed by atoms with van der Waals surface area (Å²) in [5.74, 6) is -2.65. The third-order valence-corrected chi connectivity index (χ3v) is 12.2. The van der Waals surface area contributed by atoms with Crippen molar-refractivity contribution in [1.29, 1.82) is 0 Å². The summed E-state index contributed by atoms with van der Waals surface area (Å²) in [5, 5.41) is 5.85. The Kier molecular flexibility index (Phi) is 12.2. The largest absolute Gasteiger partial charge is 0.346 e. The Hall–Kier alpha value is -2.91. The first-order chi connectivity index (χ1) is 23.3. The zero-order valence-corrected chi connectivity index (χ0v) is 30.2. The van der Waals surface area contributed by atoms with Gasteiger partial charge < -0.3 is 15.5 Å². The van der Waals surface area contributed by atoms with Gasteiger partial charge in [0.1, 0.15) is 6.04 Å². The summed E-state index contributed by atoms with van der Waals surface area (Å²) in [4.78, 5) is 96.0. The monoisotopic (exact) mass is 681 g/mol. The van der Waals surface area contributed by atoms with E-state index in [1.165, 1.54) is 0 Å². The highest BCUT2D eigenvalue weighted by molar-refractivity contribution is 6.38. The molecule has 3 amide bonds. The van der Waals surface area contributed by atoms with Gasteiger partial charge >= 0.3 is 0 Å². The van der Waals surface area contributed by atoms with Crippen LogP contribution in [0, 0.1) is 40.9 Å². The smallest absolute Gasteiger partial charge is 0.246 e. The molecule has 5 rings (SSSR count). The van der Waals surface area contributed by atoms with Crippen molar-refractivity contribution < 1.29 is 33.6 Å². The van der Waals surface area contributed by atoms with Crippen LogP contribution in [0.15, 0.2) is 0 Å². The van der Waals surface area contributed by atoms with E-state index in [0.29, 0.717) is 38.1 Å². The van der Waals surface area contributed by atoms with Crippen LogP contribution in [0.2, 0.25) is 0 Å². The lowest BCUT2D eigenvalue weighted by Gasteiger charge is -2.38. The number of Topliss-reactive ketones (excluding diaryl/α,β-unsaturated/α-hetero) is 4. The van der Waals surface area contributed by atoms with Crippen LogP contribution in [0.4, 0.5) is 0 Å². The van der Waals surface area contributed by atoms with Gasteiger partial charge in [-0.05, 0) is 80.5 Å². The van der Waals surface area contributed by atoms with Crippen molar-refractivity contribution in [3.05, 3.63) is 0 Å². The molecular weight excluding hydrogens is 622 g/mol. The quantitative estimate of drug-likeness (QED) is 0.221. The number of fused-ring (bicyclic) bond motifs is 1. The first kappa shape index (κ1) is 37.3. The molecule has 0 aromatic heterocycles. The second-order valence-electron chi connectivity index (χ2n) is 17.0. The third-order valence-electron chi connectivity index (χ3n) is 12.2. The van der Waals surface area contributed by atoms with Gasteiger partial charge in [0, 0.05) is 44.1 Å². The van der Waals surface area contributed by atoms with Crippen molar-refractivity contribution in [3.8, 4) is 0 Å². The molecule has 10 nitrogen and oxygen atoms in total. The molecule has 0 radical (unpaired) electrons. The number of nitrogens with one attached hydrogen (secondary N) is 2. The fraction of sp³-hybridized carbons (Fsp3) is 0.821. The highest BCUT2D eigenvalue weighted by Gasteiger charge is 2.52. The van der Waals surface area contributed by atoms with Gasteiger partial charge in [-0.2, -0.15) is 0 Å². The van der Waals surface area contributed by atoms with E-state index >= 15 is 0 Å². The van der Waals surface area contributed by atoms with E-state index in [1.54, 1.807) is 4.90 Å². The van der Waals surface area contributed by atoms with Gasteiger partial charge in [-0.25, -0.2) is 0 Å². The topological polar surface area (TPSA) is 147 Å². The Morgan fingerprint density at radius 1 is 0.878 bits per heavy atom. The molecule has 7 atom stereocenters. The molecule has 2 aliphatic heterocycles. The van der Waals surface area contributed by atoms with E-state index in [0.717, 1.165) is 64.2 Å². The Morgan fingerprint density at radius 3 is 2.20 bits per heavy atom. The van der Waals surface area contributed by atoms with Gasteiger partial charge in [0.25, 0.3) is 0 Å². The van der Waals surface area contributed by atoms with Crippen LogP contribution < -0.4 is 10.6 Å². The summed E-state index contributed by atoms with van der Waals surface area (Å²) in [6, 6.07) is -2.18. The molecule has 2 saturated heterocycles. The van der Waals surface area contributed by atoms with Crippen molar-refractivity contribution in [3.63, 3.8) is 0 Å². The van der Waals surface area contributed by atoms with Crippen molar-refractivity contribution in [2.45, 2.75) is 155 Å². The van der Waals surface area contributed by atoms with E-state index < -0.39 is 41.2 Å². The second kappa shape index (κ2) is 16.0. The van der Waals surface area contributed by atoms with Crippen LogP contribution in [0.1, 0.15) is 137 Å². The molecule has 2 N–H and O–H groups in total. The molecule has 0 aromatic rings.